The minimum Gasteiger partial charge on any atom is -0.394 e. The number of carbonyl (C=O) groups excluding carboxylic acids is 1. The van der Waals surface area contributed by atoms with Gasteiger partial charge in [0.15, 0.2) is 12.6 Å². The van der Waals surface area contributed by atoms with Crippen molar-refractivity contribution in [3.63, 3.8) is 0 Å². The number of rotatable bonds is 47. The van der Waals surface area contributed by atoms with Crippen molar-refractivity contribution in [2.45, 2.75) is 306 Å². The molecule has 14 nitrogen and oxygen atoms in total. The quantitative estimate of drug-likeness (QED) is 0.0205. The van der Waals surface area contributed by atoms with Crippen molar-refractivity contribution in [1.82, 2.24) is 5.32 Å². The van der Waals surface area contributed by atoms with Crippen molar-refractivity contribution in [3.05, 3.63) is 48.6 Å². The molecule has 1 amide bonds. The molecule has 0 aromatic rings. The number of nitrogens with one attached hydrogen (secondary N) is 1. The summed E-state index contributed by atoms with van der Waals surface area (Å²) in [5.41, 5.74) is 0. The lowest BCUT2D eigenvalue weighted by molar-refractivity contribution is -0.359. The summed E-state index contributed by atoms with van der Waals surface area (Å²) < 4.78 is 22.6. The second-order valence-electron chi connectivity index (χ2n) is 21.1. The fourth-order valence-electron chi connectivity index (χ4n) is 9.76. The minimum absolute atomic E-state index is 0.216. The van der Waals surface area contributed by atoms with Crippen molar-refractivity contribution in [1.29, 1.82) is 0 Å². The number of ether oxygens (including phenoxy) is 4. The Hall–Kier alpha value is -2.05. The van der Waals surface area contributed by atoms with E-state index in [1.165, 1.54) is 135 Å². The molecule has 2 fully saturated rings. The Morgan fingerprint density at radius 3 is 1.41 bits per heavy atom. The third kappa shape index (κ3) is 31.4. The number of amides is 1. The van der Waals surface area contributed by atoms with Crippen LogP contribution in [-0.4, -0.2) is 140 Å². The molecule has 12 unspecified atom stereocenters. The number of carbonyl (C=O) groups is 1. The summed E-state index contributed by atoms with van der Waals surface area (Å²) >= 11 is 0. The van der Waals surface area contributed by atoms with Gasteiger partial charge in [-0.05, 0) is 51.4 Å². The van der Waals surface area contributed by atoms with E-state index in [1.54, 1.807) is 0 Å². The fourth-order valence-corrected chi connectivity index (χ4v) is 9.76. The van der Waals surface area contributed by atoms with Crippen LogP contribution in [0.25, 0.3) is 0 Å². The lowest BCUT2D eigenvalue weighted by atomic mass is 9.97. The predicted molar refractivity (Wildman–Crippen MR) is 295 cm³/mol. The van der Waals surface area contributed by atoms with Crippen LogP contribution < -0.4 is 5.32 Å². The molecule has 0 aromatic heterocycles. The monoisotopic (exact) mass is 1050 g/mol. The first-order valence-electron chi connectivity index (χ1n) is 29.9. The highest BCUT2D eigenvalue weighted by atomic mass is 16.7. The number of aliphatic hydroxyl groups excluding tert-OH is 8. The van der Waals surface area contributed by atoms with Crippen LogP contribution in [0, 0.1) is 0 Å². The summed E-state index contributed by atoms with van der Waals surface area (Å²) in [4.78, 5) is 13.1. The van der Waals surface area contributed by atoms with Gasteiger partial charge in [-0.15, -0.1) is 0 Å². The lowest BCUT2D eigenvalue weighted by Gasteiger charge is -2.46. The van der Waals surface area contributed by atoms with Gasteiger partial charge in [0.1, 0.15) is 48.8 Å². The molecule has 14 heteroatoms. The number of aliphatic hydroxyl groups is 8. The Kier molecular flexibility index (Phi) is 42.2. The fraction of sp³-hybridized carbons (Fsp3) is 0.850. The molecule has 2 saturated heterocycles. The average molecular weight is 1050 g/mol. The highest BCUT2D eigenvalue weighted by Crippen LogP contribution is 2.30. The number of hydrogen-bond acceptors (Lipinski definition) is 13. The molecule has 0 bridgehead atoms. The SMILES string of the molecule is CC/C=C\C/C=C\C/C=C\C/C=C\CCCCCCCCCCCCCCCCCCCCCCCCCCC(=O)NC(COC1OC(CO)C(OC2OC(CO)C(O)C(O)C2O)C(O)C1O)C(O)CCCCC. The van der Waals surface area contributed by atoms with Gasteiger partial charge >= 0.3 is 0 Å². The first kappa shape index (κ1) is 68.1. The molecule has 74 heavy (non-hydrogen) atoms. The topological polar surface area (TPSA) is 228 Å². The first-order valence-corrected chi connectivity index (χ1v) is 29.9. The molecule has 0 aromatic carbocycles. The zero-order valence-electron chi connectivity index (χ0n) is 46.3. The summed E-state index contributed by atoms with van der Waals surface area (Å²) in [5.74, 6) is -0.216. The van der Waals surface area contributed by atoms with Crippen molar-refractivity contribution < 1.29 is 64.6 Å². The molecule has 2 aliphatic heterocycles. The Labute approximate surface area is 448 Å². The van der Waals surface area contributed by atoms with E-state index in [0.717, 1.165) is 70.6 Å². The van der Waals surface area contributed by atoms with Gasteiger partial charge in [0.25, 0.3) is 0 Å². The van der Waals surface area contributed by atoms with Crippen molar-refractivity contribution >= 4 is 5.91 Å². The molecular formula is C60H109NO13. The van der Waals surface area contributed by atoms with Gasteiger partial charge in [-0.2, -0.15) is 0 Å². The summed E-state index contributed by atoms with van der Waals surface area (Å²) in [5, 5.41) is 86.2. The lowest BCUT2D eigenvalue weighted by Crippen LogP contribution is -2.65. The van der Waals surface area contributed by atoms with Gasteiger partial charge in [0.05, 0.1) is 32.0 Å². The van der Waals surface area contributed by atoms with Crippen molar-refractivity contribution in [2.24, 2.45) is 0 Å². The van der Waals surface area contributed by atoms with E-state index < -0.39 is 86.8 Å². The highest BCUT2D eigenvalue weighted by Gasteiger charge is 2.51. The molecule has 0 aliphatic carbocycles. The van der Waals surface area contributed by atoms with E-state index in [4.69, 9.17) is 18.9 Å². The smallest absolute Gasteiger partial charge is 0.220 e. The van der Waals surface area contributed by atoms with Crippen LogP contribution in [0.15, 0.2) is 48.6 Å². The van der Waals surface area contributed by atoms with E-state index in [9.17, 15) is 45.6 Å². The average Bonchev–Trinajstić information content (AvgIpc) is 3.40. The molecule has 12 atom stereocenters. The van der Waals surface area contributed by atoms with Gasteiger partial charge in [-0.1, -0.05) is 223 Å². The van der Waals surface area contributed by atoms with Crippen LogP contribution >= 0.6 is 0 Å². The van der Waals surface area contributed by atoms with Crippen LogP contribution in [-0.2, 0) is 23.7 Å². The van der Waals surface area contributed by atoms with Gasteiger partial charge < -0.3 is 65.1 Å². The maximum absolute atomic E-state index is 13.1. The van der Waals surface area contributed by atoms with Crippen LogP contribution in [0.2, 0.25) is 0 Å². The minimum atomic E-state index is -1.78. The van der Waals surface area contributed by atoms with Gasteiger partial charge in [0.2, 0.25) is 5.91 Å². The first-order chi connectivity index (χ1) is 36.1. The number of allylic oxidation sites excluding steroid dienone is 8. The Bertz CT molecular complexity index is 1430. The van der Waals surface area contributed by atoms with Gasteiger partial charge in [-0.3, -0.25) is 4.79 Å². The summed E-state index contributed by atoms with van der Waals surface area (Å²) in [6.07, 6.45) is 41.3. The molecule has 0 saturated carbocycles. The van der Waals surface area contributed by atoms with E-state index >= 15 is 0 Å². The number of unbranched alkanes of at least 4 members (excludes halogenated alkanes) is 26. The Balaban J connectivity index is 1.45. The second kappa shape index (κ2) is 45.9. The van der Waals surface area contributed by atoms with Crippen LogP contribution in [0.3, 0.4) is 0 Å². The van der Waals surface area contributed by atoms with E-state index in [-0.39, 0.29) is 12.5 Å². The Morgan fingerprint density at radius 1 is 0.500 bits per heavy atom. The maximum atomic E-state index is 13.1. The normalized spacial score (nSPS) is 25.5. The molecule has 432 valence electrons. The van der Waals surface area contributed by atoms with Crippen LogP contribution in [0.5, 0.6) is 0 Å². The van der Waals surface area contributed by atoms with E-state index in [1.807, 2.05) is 0 Å². The van der Waals surface area contributed by atoms with Gasteiger partial charge in [-0.25, -0.2) is 0 Å². The third-order valence-corrected chi connectivity index (χ3v) is 14.6. The van der Waals surface area contributed by atoms with E-state index in [2.05, 4.69) is 67.8 Å². The molecular weight excluding hydrogens is 943 g/mol. The molecule has 0 radical (unpaired) electrons. The Morgan fingerprint density at radius 2 is 0.932 bits per heavy atom. The molecule has 2 heterocycles. The van der Waals surface area contributed by atoms with Crippen molar-refractivity contribution in [3.8, 4) is 0 Å². The zero-order valence-corrected chi connectivity index (χ0v) is 46.3. The largest absolute Gasteiger partial charge is 0.394 e. The van der Waals surface area contributed by atoms with Crippen molar-refractivity contribution in [2.75, 3.05) is 19.8 Å². The molecule has 9 N–H and O–H groups in total. The standard InChI is InChI=1S/C60H109NO13/c1-3-5-7-8-9-10-11-12-13-14-15-16-17-18-19-20-21-22-23-24-25-26-27-28-29-30-31-32-33-34-35-36-37-38-39-40-42-44-52(65)61-48(49(64)43-41-6-4-2)47-71-59-57(70)55(68)58(51(46-63)73-59)74-60-56(69)54(67)53(66)50(45-62)72-60/h5,7,9-10,12-13,15-16,48-51,53-60,62-64,66-70H,3-4,6,8,11,14,17-47H2,1-2H3,(H,61,65)/b7-5-,10-9-,13-12-,16-15-. The maximum Gasteiger partial charge on any atom is 0.220 e. The molecule has 0 spiro atoms. The summed E-state index contributed by atoms with van der Waals surface area (Å²) in [7, 11) is 0. The zero-order chi connectivity index (χ0) is 53.9. The predicted octanol–water partition coefficient (Wildman–Crippen LogP) is 10.0. The second-order valence-corrected chi connectivity index (χ2v) is 21.1. The number of hydrogen-bond donors (Lipinski definition) is 9. The highest BCUT2D eigenvalue weighted by molar-refractivity contribution is 5.76. The molecule has 2 aliphatic rings. The summed E-state index contributed by atoms with van der Waals surface area (Å²) in [6, 6.07) is -0.822. The molecule has 2 rings (SSSR count). The van der Waals surface area contributed by atoms with E-state index in [0.29, 0.717) is 12.8 Å². The van der Waals surface area contributed by atoms with Crippen LogP contribution in [0.4, 0.5) is 0 Å². The van der Waals surface area contributed by atoms with Crippen LogP contribution in [0.1, 0.15) is 232 Å². The van der Waals surface area contributed by atoms with Gasteiger partial charge in [0, 0.05) is 6.42 Å². The summed E-state index contributed by atoms with van der Waals surface area (Å²) in [6.45, 7) is 2.57. The third-order valence-electron chi connectivity index (χ3n) is 14.6.